The van der Waals surface area contributed by atoms with E-state index in [2.05, 4.69) is 10.3 Å². The largest absolute Gasteiger partial charge is 0.431 e. The number of alkyl halides is 3. The van der Waals surface area contributed by atoms with E-state index in [1.807, 2.05) is 20.8 Å². The van der Waals surface area contributed by atoms with E-state index in [4.69, 9.17) is 0 Å². The Balaban J connectivity index is 2.68. The van der Waals surface area contributed by atoms with Crippen LogP contribution in [0, 0.1) is 5.41 Å². The first-order valence-electron chi connectivity index (χ1n) is 5.14. The molecule has 6 heteroatoms. The van der Waals surface area contributed by atoms with E-state index in [1.165, 1.54) is 0 Å². The summed E-state index contributed by atoms with van der Waals surface area (Å²) in [6, 6.07) is 1.98. The summed E-state index contributed by atoms with van der Waals surface area (Å²) >= 11 is 0. The van der Waals surface area contributed by atoms with Gasteiger partial charge in [-0.15, -0.1) is 0 Å². The molecule has 1 rings (SSSR count). The third-order valence-electron chi connectivity index (χ3n) is 2.02. The Morgan fingerprint density at radius 2 is 1.88 bits per heavy atom. The molecule has 1 aromatic rings. The van der Waals surface area contributed by atoms with E-state index in [0.29, 0.717) is 6.54 Å². The lowest BCUT2D eigenvalue weighted by atomic mass is 9.97. The normalized spacial score (nSPS) is 12.6. The molecule has 1 aromatic heterocycles. The van der Waals surface area contributed by atoms with Crippen LogP contribution >= 0.6 is 0 Å². The minimum atomic E-state index is -4.46. The Kier molecular flexibility index (Phi) is 3.54. The number of rotatable bonds is 2. The molecule has 0 atom stereocenters. The SMILES string of the molecule is CC(C)(C)CNC(=O)c1ccc(C(F)(F)F)[nH]1. The summed E-state index contributed by atoms with van der Waals surface area (Å²) in [6.07, 6.45) is -4.46. The molecule has 0 aromatic carbocycles. The Bertz CT molecular complexity index is 402. The molecule has 0 saturated heterocycles. The van der Waals surface area contributed by atoms with Gasteiger partial charge in [-0.05, 0) is 17.5 Å². The van der Waals surface area contributed by atoms with Crippen LogP contribution in [0.5, 0.6) is 0 Å². The second kappa shape index (κ2) is 4.43. The first-order valence-corrected chi connectivity index (χ1v) is 5.14. The van der Waals surface area contributed by atoms with Gasteiger partial charge in [0.1, 0.15) is 11.4 Å². The van der Waals surface area contributed by atoms with Crippen LogP contribution in [0.2, 0.25) is 0 Å². The van der Waals surface area contributed by atoms with E-state index < -0.39 is 17.8 Å². The number of aromatic nitrogens is 1. The Labute approximate surface area is 97.4 Å². The number of H-pyrrole nitrogens is 1. The molecule has 1 heterocycles. The van der Waals surface area contributed by atoms with Gasteiger partial charge >= 0.3 is 6.18 Å². The maximum Gasteiger partial charge on any atom is 0.431 e. The number of aromatic amines is 1. The molecule has 3 nitrogen and oxygen atoms in total. The number of halogens is 3. The van der Waals surface area contributed by atoms with Gasteiger partial charge in [0.2, 0.25) is 0 Å². The number of carbonyl (C=O) groups is 1. The van der Waals surface area contributed by atoms with Crippen molar-refractivity contribution in [1.82, 2.24) is 10.3 Å². The highest BCUT2D eigenvalue weighted by Crippen LogP contribution is 2.28. The van der Waals surface area contributed by atoms with Gasteiger partial charge in [0, 0.05) is 6.54 Å². The molecule has 0 aliphatic heterocycles. The molecule has 0 saturated carbocycles. The van der Waals surface area contributed by atoms with E-state index in [9.17, 15) is 18.0 Å². The lowest BCUT2D eigenvalue weighted by Gasteiger charge is -2.18. The van der Waals surface area contributed by atoms with Crippen molar-refractivity contribution < 1.29 is 18.0 Å². The third-order valence-corrected chi connectivity index (χ3v) is 2.02. The molecule has 0 bridgehead atoms. The van der Waals surface area contributed by atoms with Crippen molar-refractivity contribution in [3.05, 3.63) is 23.5 Å². The quantitative estimate of drug-likeness (QED) is 0.830. The first-order chi connectivity index (χ1) is 7.59. The average molecular weight is 248 g/mol. The molecule has 17 heavy (non-hydrogen) atoms. The maximum absolute atomic E-state index is 12.3. The summed E-state index contributed by atoms with van der Waals surface area (Å²) in [5.41, 5.74) is -1.12. The van der Waals surface area contributed by atoms with E-state index in [0.717, 1.165) is 12.1 Å². The lowest BCUT2D eigenvalue weighted by Crippen LogP contribution is -2.32. The van der Waals surface area contributed by atoms with Crippen LogP contribution in [-0.2, 0) is 6.18 Å². The van der Waals surface area contributed by atoms with E-state index >= 15 is 0 Å². The zero-order chi connectivity index (χ0) is 13.3. The Morgan fingerprint density at radius 1 is 1.29 bits per heavy atom. The van der Waals surface area contributed by atoms with Gasteiger partial charge in [-0.3, -0.25) is 4.79 Å². The predicted octanol–water partition coefficient (Wildman–Crippen LogP) is 2.81. The molecule has 96 valence electrons. The standard InChI is InChI=1S/C11H15F3N2O/c1-10(2,3)6-15-9(17)7-4-5-8(16-7)11(12,13)14/h4-5,16H,6H2,1-3H3,(H,15,17). The van der Waals surface area contributed by atoms with Crippen LogP contribution in [0.25, 0.3) is 0 Å². The van der Waals surface area contributed by atoms with Crippen molar-refractivity contribution in [2.24, 2.45) is 5.41 Å². The minimum absolute atomic E-state index is 0.0819. The summed E-state index contributed by atoms with van der Waals surface area (Å²) < 4.78 is 36.8. The molecule has 0 radical (unpaired) electrons. The van der Waals surface area contributed by atoms with Crippen molar-refractivity contribution in [1.29, 1.82) is 0 Å². The van der Waals surface area contributed by atoms with E-state index in [1.54, 1.807) is 0 Å². The van der Waals surface area contributed by atoms with Gasteiger partial charge in [-0.1, -0.05) is 20.8 Å². The number of nitrogens with one attached hydrogen (secondary N) is 2. The predicted molar refractivity (Wildman–Crippen MR) is 57.6 cm³/mol. The molecular weight excluding hydrogens is 233 g/mol. The molecule has 0 aliphatic carbocycles. The number of amides is 1. The topological polar surface area (TPSA) is 44.9 Å². The van der Waals surface area contributed by atoms with Gasteiger partial charge in [0.15, 0.2) is 0 Å². The fourth-order valence-corrected chi connectivity index (χ4v) is 1.13. The first kappa shape index (κ1) is 13.6. The van der Waals surface area contributed by atoms with Crippen LogP contribution in [0.3, 0.4) is 0 Å². The second-order valence-corrected chi connectivity index (χ2v) is 5.03. The summed E-state index contributed by atoms with van der Waals surface area (Å²) in [5.74, 6) is -0.532. The highest BCUT2D eigenvalue weighted by Gasteiger charge is 2.32. The summed E-state index contributed by atoms with van der Waals surface area (Å²) in [6.45, 7) is 6.15. The highest BCUT2D eigenvalue weighted by molar-refractivity contribution is 5.92. The zero-order valence-electron chi connectivity index (χ0n) is 9.90. The van der Waals surface area contributed by atoms with Gasteiger partial charge < -0.3 is 10.3 Å². The molecule has 0 spiro atoms. The second-order valence-electron chi connectivity index (χ2n) is 5.03. The number of carbonyl (C=O) groups excluding carboxylic acids is 1. The molecular formula is C11H15F3N2O. The Hall–Kier alpha value is -1.46. The van der Waals surface area contributed by atoms with Crippen molar-refractivity contribution in [3.8, 4) is 0 Å². The smallest absolute Gasteiger partial charge is 0.350 e. The van der Waals surface area contributed by atoms with Crippen LogP contribution in [0.15, 0.2) is 12.1 Å². The zero-order valence-corrected chi connectivity index (χ0v) is 9.90. The van der Waals surface area contributed by atoms with Gasteiger partial charge in [0.25, 0.3) is 5.91 Å². The van der Waals surface area contributed by atoms with Crippen molar-refractivity contribution in [2.45, 2.75) is 26.9 Å². The number of hydrogen-bond donors (Lipinski definition) is 2. The van der Waals surface area contributed by atoms with Crippen LogP contribution in [0.4, 0.5) is 13.2 Å². The van der Waals surface area contributed by atoms with E-state index in [-0.39, 0.29) is 11.1 Å². The molecule has 1 amide bonds. The summed E-state index contributed by atoms with van der Waals surface area (Å²) in [5, 5.41) is 2.57. The fourth-order valence-electron chi connectivity index (χ4n) is 1.13. The third kappa shape index (κ3) is 4.13. The average Bonchev–Trinajstić information content (AvgIpc) is 2.60. The van der Waals surface area contributed by atoms with Gasteiger partial charge in [-0.2, -0.15) is 13.2 Å². The van der Waals surface area contributed by atoms with Gasteiger partial charge in [0.05, 0.1) is 0 Å². The Morgan fingerprint density at radius 3 is 2.29 bits per heavy atom. The molecule has 2 N–H and O–H groups in total. The highest BCUT2D eigenvalue weighted by atomic mass is 19.4. The van der Waals surface area contributed by atoms with Crippen molar-refractivity contribution >= 4 is 5.91 Å². The van der Waals surface area contributed by atoms with Crippen LogP contribution in [0.1, 0.15) is 37.0 Å². The molecule has 0 unspecified atom stereocenters. The van der Waals surface area contributed by atoms with Crippen molar-refractivity contribution in [3.63, 3.8) is 0 Å². The fraction of sp³-hybridized carbons (Fsp3) is 0.545. The lowest BCUT2D eigenvalue weighted by molar-refractivity contribution is -0.140. The molecule has 0 aliphatic rings. The van der Waals surface area contributed by atoms with Crippen molar-refractivity contribution in [2.75, 3.05) is 6.54 Å². The number of hydrogen-bond acceptors (Lipinski definition) is 1. The summed E-state index contributed by atoms with van der Waals surface area (Å²) in [4.78, 5) is 13.6. The summed E-state index contributed by atoms with van der Waals surface area (Å²) in [7, 11) is 0. The van der Waals surface area contributed by atoms with Crippen LogP contribution in [-0.4, -0.2) is 17.4 Å². The van der Waals surface area contributed by atoms with Gasteiger partial charge in [-0.25, -0.2) is 0 Å². The maximum atomic E-state index is 12.3. The molecule has 0 fully saturated rings. The van der Waals surface area contributed by atoms with Crippen LogP contribution < -0.4 is 5.32 Å². The minimum Gasteiger partial charge on any atom is -0.350 e. The monoisotopic (exact) mass is 248 g/mol.